The number of nitrogens with zero attached hydrogens (tertiary/aromatic N) is 2. The van der Waals surface area contributed by atoms with Gasteiger partial charge in [0.15, 0.2) is 0 Å². The molecule has 1 heterocycles. The van der Waals surface area contributed by atoms with Gasteiger partial charge in [-0.2, -0.15) is 9.78 Å². The van der Waals surface area contributed by atoms with Gasteiger partial charge < -0.3 is 10.4 Å². The maximum Gasteiger partial charge on any atom is 0.342 e. The second-order valence-corrected chi connectivity index (χ2v) is 5.18. The van der Waals surface area contributed by atoms with Crippen molar-refractivity contribution in [2.45, 2.75) is 58.3 Å². The van der Waals surface area contributed by atoms with E-state index < -0.39 is 18.5 Å². The molecule has 0 aliphatic rings. The Morgan fingerprint density at radius 2 is 1.86 bits per heavy atom. The number of amides is 1. The fraction of sp³-hybridized carbons (Fsp3) is 0.667. The summed E-state index contributed by atoms with van der Waals surface area (Å²) in [6.07, 6.45) is 11.1. The van der Waals surface area contributed by atoms with Crippen molar-refractivity contribution in [2.75, 3.05) is 6.54 Å². The molecule has 1 rings (SSSR count). The van der Waals surface area contributed by atoms with E-state index in [-0.39, 0.29) is 0 Å². The van der Waals surface area contributed by atoms with E-state index in [0.29, 0.717) is 0 Å². The summed E-state index contributed by atoms with van der Waals surface area (Å²) in [5, 5.41) is 14.9. The number of aryl methyl sites for hydroxylation is 1. The van der Waals surface area contributed by atoms with Crippen LogP contribution in [-0.4, -0.2) is 33.4 Å². The van der Waals surface area contributed by atoms with Crippen molar-refractivity contribution in [3.8, 4) is 0 Å². The van der Waals surface area contributed by atoms with E-state index in [1.54, 1.807) is 12.3 Å². The molecule has 1 aromatic heterocycles. The number of hydrogen-bond donors (Lipinski definition) is 2. The molecule has 0 aliphatic heterocycles. The number of carbonyl (C=O) groups is 2. The number of carboxylic acid groups (broad SMARTS) is 1. The Balaban J connectivity index is 2.19. The van der Waals surface area contributed by atoms with Crippen molar-refractivity contribution in [1.29, 1.82) is 0 Å². The van der Waals surface area contributed by atoms with Crippen molar-refractivity contribution >= 4 is 12.0 Å². The number of nitrogens with one attached hydrogen (secondary N) is 1. The van der Waals surface area contributed by atoms with Gasteiger partial charge in [-0.25, -0.2) is 4.79 Å². The summed E-state index contributed by atoms with van der Waals surface area (Å²) in [6, 6.07) is 1.29. The molecule has 0 saturated heterocycles. The number of unbranched alkanes of at least 4 members (excludes halogenated alkanes) is 6. The third-order valence-corrected chi connectivity index (χ3v) is 3.28. The van der Waals surface area contributed by atoms with E-state index in [1.807, 2.05) is 0 Å². The van der Waals surface area contributed by atoms with Crippen molar-refractivity contribution in [3.63, 3.8) is 0 Å². The van der Waals surface area contributed by atoms with Gasteiger partial charge in [-0.3, -0.25) is 4.79 Å². The molecule has 0 aliphatic carbocycles. The lowest BCUT2D eigenvalue weighted by Gasteiger charge is -2.01. The highest BCUT2D eigenvalue weighted by Crippen LogP contribution is 2.09. The summed E-state index contributed by atoms with van der Waals surface area (Å²) in [4.78, 5) is 21.9. The molecule has 0 fully saturated rings. The van der Waals surface area contributed by atoms with Gasteiger partial charge in [-0.05, 0) is 18.9 Å². The van der Waals surface area contributed by atoms with Gasteiger partial charge in [0, 0.05) is 6.20 Å². The molecule has 1 aromatic rings. The topological polar surface area (TPSA) is 84.2 Å². The quantitative estimate of drug-likeness (QED) is 0.650. The molecule has 0 unspecified atom stereocenters. The van der Waals surface area contributed by atoms with E-state index in [0.717, 1.165) is 23.2 Å². The summed E-state index contributed by atoms with van der Waals surface area (Å²) < 4.78 is 1.15. The van der Waals surface area contributed by atoms with Crippen molar-refractivity contribution < 1.29 is 14.7 Å². The van der Waals surface area contributed by atoms with Crippen molar-refractivity contribution in [1.82, 2.24) is 15.1 Å². The highest BCUT2D eigenvalue weighted by atomic mass is 16.4. The van der Waals surface area contributed by atoms with Crippen LogP contribution in [0.3, 0.4) is 0 Å². The average molecular weight is 295 g/mol. The van der Waals surface area contributed by atoms with Crippen LogP contribution in [0.4, 0.5) is 4.79 Å². The summed E-state index contributed by atoms with van der Waals surface area (Å²) >= 11 is 0. The van der Waals surface area contributed by atoms with Gasteiger partial charge in [0.1, 0.15) is 6.54 Å². The zero-order chi connectivity index (χ0) is 15.5. The monoisotopic (exact) mass is 295 g/mol. The van der Waals surface area contributed by atoms with Gasteiger partial charge in [-0.15, -0.1) is 0 Å². The lowest BCUT2D eigenvalue weighted by atomic mass is 10.1. The first-order valence-electron chi connectivity index (χ1n) is 7.68. The third kappa shape index (κ3) is 7.48. The molecule has 21 heavy (non-hydrogen) atoms. The first-order valence-corrected chi connectivity index (χ1v) is 7.68. The van der Waals surface area contributed by atoms with Gasteiger partial charge in [0.25, 0.3) is 0 Å². The average Bonchev–Trinajstić information content (AvgIpc) is 2.92. The van der Waals surface area contributed by atoms with Crippen molar-refractivity contribution in [2.24, 2.45) is 0 Å². The number of aliphatic carboxylic acids is 1. The van der Waals surface area contributed by atoms with E-state index in [1.165, 1.54) is 38.5 Å². The predicted molar refractivity (Wildman–Crippen MR) is 80.4 cm³/mol. The van der Waals surface area contributed by atoms with E-state index in [2.05, 4.69) is 17.3 Å². The molecular weight excluding hydrogens is 270 g/mol. The zero-order valence-corrected chi connectivity index (χ0v) is 12.7. The molecule has 2 N–H and O–H groups in total. The third-order valence-electron chi connectivity index (χ3n) is 3.28. The molecule has 0 bridgehead atoms. The number of carboxylic acids is 1. The van der Waals surface area contributed by atoms with Gasteiger partial charge in [-0.1, -0.05) is 45.4 Å². The van der Waals surface area contributed by atoms with E-state index in [9.17, 15) is 9.59 Å². The Labute approximate surface area is 125 Å². The minimum atomic E-state index is -1.07. The van der Waals surface area contributed by atoms with Crippen LogP contribution < -0.4 is 5.32 Å². The standard InChI is InChI=1S/C15H25N3O3/c1-2-3-4-5-6-7-8-9-13-10-11-18(17-13)15(21)16-12-14(19)20/h10-11H,2-9,12H2,1H3,(H,16,21)(H,19,20). The van der Waals surface area contributed by atoms with Crippen LogP contribution in [0.15, 0.2) is 12.3 Å². The normalized spacial score (nSPS) is 10.5. The maximum absolute atomic E-state index is 11.6. The molecule has 0 spiro atoms. The second kappa shape index (κ2) is 9.96. The fourth-order valence-corrected chi connectivity index (χ4v) is 2.10. The predicted octanol–water partition coefficient (Wildman–Crippen LogP) is 2.82. The second-order valence-electron chi connectivity index (χ2n) is 5.18. The molecule has 0 atom stereocenters. The minimum Gasteiger partial charge on any atom is -0.480 e. The number of carbonyl (C=O) groups excluding carboxylic acids is 1. The smallest absolute Gasteiger partial charge is 0.342 e. The number of rotatable bonds is 10. The molecule has 0 aromatic carbocycles. The van der Waals surface area contributed by atoms with E-state index in [4.69, 9.17) is 5.11 Å². The first-order chi connectivity index (χ1) is 10.1. The molecule has 6 heteroatoms. The lowest BCUT2D eigenvalue weighted by molar-refractivity contribution is -0.135. The Morgan fingerprint density at radius 1 is 1.19 bits per heavy atom. The van der Waals surface area contributed by atoms with Crippen LogP contribution in [-0.2, 0) is 11.2 Å². The SMILES string of the molecule is CCCCCCCCCc1ccn(C(=O)NCC(=O)O)n1. The summed E-state index contributed by atoms with van der Waals surface area (Å²) in [5.74, 6) is -1.07. The molecule has 0 radical (unpaired) electrons. The van der Waals surface area contributed by atoms with Gasteiger partial charge in [0.2, 0.25) is 0 Å². The van der Waals surface area contributed by atoms with Crippen LogP contribution in [0.25, 0.3) is 0 Å². The fourth-order valence-electron chi connectivity index (χ4n) is 2.10. The molecule has 1 amide bonds. The minimum absolute atomic E-state index is 0.397. The van der Waals surface area contributed by atoms with Gasteiger partial charge >= 0.3 is 12.0 Å². The van der Waals surface area contributed by atoms with Crippen LogP contribution in [0, 0.1) is 0 Å². The Morgan fingerprint density at radius 3 is 2.52 bits per heavy atom. The zero-order valence-electron chi connectivity index (χ0n) is 12.7. The summed E-state index contributed by atoms with van der Waals surface area (Å²) in [7, 11) is 0. The molecule has 6 nitrogen and oxygen atoms in total. The Bertz CT molecular complexity index is 443. The highest BCUT2D eigenvalue weighted by Gasteiger charge is 2.08. The maximum atomic E-state index is 11.6. The summed E-state index contributed by atoms with van der Waals surface area (Å²) in [6.45, 7) is 1.81. The highest BCUT2D eigenvalue weighted by molar-refractivity contribution is 5.80. The van der Waals surface area contributed by atoms with E-state index >= 15 is 0 Å². The van der Waals surface area contributed by atoms with Crippen LogP contribution in [0.5, 0.6) is 0 Å². The number of hydrogen-bond acceptors (Lipinski definition) is 3. The first kappa shape index (κ1) is 17.2. The summed E-state index contributed by atoms with van der Waals surface area (Å²) in [5.41, 5.74) is 0.869. The van der Waals surface area contributed by atoms with Crippen LogP contribution in [0.2, 0.25) is 0 Å². The van der Waals surface area contributed by atoms with Crippen LogP contribution in [0.1, 0.15) is 57.6 Å². The Hall–Kier alpha value is -1.85. The van der Waals surface area contributed by atoms with Crippen molar-refractivity contribution in [3.05, 3.63) is 18.0 Å². The van der Waals surface area contributed by atoms with Crippen LogP contribution >= 0.6 is 0 Å². The largest absolute Gasteiger partial charge is 0.480 e. The van der Waals surface area contributed by atoms with Gasteiger partial charge in [0.05, 0.1) is 5.69 Å². The lowest BCUT2D eigenvalue weighted by Crippen LogP contribution is -2.33. The molecule has 118 valence electrons. The Kier molecular flexibility index (Phi) is 8.16. The molecule has 0 saturated carbocycles. The molecular formula is C15H25N3O3. The number of aromatic nitrogens is 2.